The van der Waals surface area contributed by atoms with Crippen LogP contribution in [0.25, 0.3) is 11.1 Å². The van der Waals surface area contributed by atoms with E-state index in [1.54, 1.807) is 0 Å². The summed E-state index contributed by atoms with van der Waals surface area (Å²) in [6.45, 7) is 4.04. The molecule has 0 saturated carbocycles. The van der Waals surface area contributed by atoms with Crippen molar-refractivity contribution < 1.29 is 4.39 Å². The van der Waals surface area contributed by atoms with Crippen LogP contribution in [0.4, 0.5) is 10.1 Å². The highest BCUT2D eigenvalue weighted by atomic mass is 35.5. The van der Waals surface area contributed by atoms with Crippen molar-refractivity contribution in [3.8, 4) is 11.1 Å². The number of hydrogen-bond acceptors (Lipinski definition) is 1. The van der Waals surface area contributed by atoms with Crippen molar-refractivity contribution in [2.45, 2.75) is 13.8 Å². The first-order valence-corrected chi connectivity index (χ1v) is 5.69. The third-order valence-corrected chi connectivity index (χ3v) is 3.22. The van der Waals surface area contributed by atoms with Crippen LogP contribution in [-0.2, 0) is 0 Å². The summed E-state index contributed by atoms with van der Waals surface area (Å²) in [4.78, 5) is 0. The minimum Gasteiger partial charge on any atom is -0.397 e. The van der Waals surface area contributed by atoms with E-state index in [1.807, 2.05) is 32.0 Å². The number of nitrogens with two attached hydrogens (primary N) is 1. The van der Waals surface area contributed by atoms with Crippen molar-refractivity contribution in [1.82, 2.24) is 0 Å². The average molecular weight is 250 g/mol. The van der Waals surface area contributed by atoms with Crippen LogP contribution in [0, 0.1) is 19.7 Å². The van der Waals surface area contributed by atoms with Gasteiger partial charge in [0.15, 0.2) is 0 Å². The zero-order valence-electron chi connectivity index (χ0n) is 9.72. The minimum atomic E-state index is -0.377. The van der Waals surface area contributed by atoms with Crippen LogP contribution in [0.15, 0.2) is 30.3 Å². The number of nitrogen functional groups attached to an aromatic ring is 1. The predicted molar refractivity (Wildman–Crippen MR) is 70.7 cm³/mol. The van der Waals surface area contributed by atoms with Gasteiger partial charge in [-0.3, -0.25) is 0 Å². The lowest BCUT2D eigenvalue weighted by Crippen LogP contribution is -1.94. The number of halogens is 2. The summed E-state index contributed by atoms with van der Waals surface area (Å²) >= 11 is 5.88. The van der Waals surface area contributed by atoms with Crippen molar-refractivity contribution in [2.24, 2.45) is 0 Å². The second-order valence-corrected chi connectivity index (χ2v) is 4.56. The molecule has 0 saturated heterocycles. The van der Waals surface area contributed by atoms with Crippen LogP contribution < -0.4 is 5.73 Å². The Balaban J connectivity index is 2.64. The Labute approximate surface area is 105 Å². The Bertz CT molecular complexity index is 579. The molecule has 1 nitrogen and oxygen atoms in total. The topological polar surface area (TPSA) is 26.0 Å². The molecule has 0 bridgehead atoms. The molecule has 3 heteroatoms. The molecule has 2 N–H and O–H groups in total. The van der Waals surface area contributed by atoms with Gasteiger partial charge < -0.3 is 5.73 Å². The summed E-state index contributed by atoms with van der Waals surface area (Å²) in [5, 5.41) is 0.248. The Morgan fingerprint density at radius 3 is 2.41 bits per heavy atom. The monoisotopic (exact) mass is 249 g/mol. The zero-order valence-corrected chi connectivity index (χ0v) is 10.5. The van der Waals surface area contributed by atoms with E-state index in [2.05, 4.69) is 0 Å². The lowest BCUT2D eigenvalue weighted by atomic mass is 9.99. The van der Waals surface area contributed by atoms with Gasteiger partial charge >= 0.3 is 0 Å². The molecule has 2 aromatic rings. The Kier molecular flexibility index (Phi) is 3.07. The van der Waals surface area contributed by atoms with Crippen LogP contribution in [0.3, 0.4) is 0 Å². The number of aryl methyl sites for hydroxylation is 2. The van der Waals surface area contributed by atoms with Crippen LogP contribution in [0.2, 0.25) is 5.02 Å². The van der Waals surface area contributed by atoms with Crippen LogP contribution in [0.1, 0.15) is 11.1 Å². The maximum atomic E-state index is 13.3. The van der Waals surface area contributed by atoms with Crippen molar-refractivity contribution in [3.05, 3.63) is 52.3 Å². The summed E-state index contributed by atoms with van der Waals surface area (Å²) in [5.41, 5.74) is 10.1. The van der Waals surface area contributed by atoms with Crippen molar-refractivity contribution >= 4 is 17.3 Å². The molecule has 2 aromatic carbocycles. The highest BCUT2D eigenvalue weighted by Crippen LogP contribution is 2.33. The third kappa shape index (κ3) is 2.27. The number of hydrogen-bond donors (Lipinski definition) is 1. The van der Waals surface area contributed by atoms with Gasteiger partial charge in [0.2, 0.25) is 0 Å². The highest BCUT2D eigenvalue weighted by Gasteiger charge is 2.09. The fourth-order valence-corrected chi connectivity index (χ4v) is 1.94. The summed E-state index contributed by atoms with van der Waals surface area (Å²) in [5.74, 6) is -0.377. The molecule has 0 spiro atoms. The molecule has 2 rings (SSSR count). The van der Waals surface area contributed by atoms with Gasteiger partial charge in [0.25, 0.3) is 0 Å². The molecule has 17 heavy (non-hydrogen) atoms. The van der Waals surface area contributed by atoms with E-state index < -0.39 is 0 Å². The average Bonchev–Trinajstić information content (AvgIpc) is 2.27. The molecule has 0 heterocycles. The molecule has 0 aromatic heterocycles. The summed E-state index contributed by atoms with van der Waals surface area (Å²) in [6, 6.07) is 8.52. The van der Waals surface area contributed by atoms with Gasteiger partial charge in [-0.1, -0.05) is 29.8 Å². The fourth-order valence-electron chi connectivity index (χ4n) is 1.73. The van der Waals surface area contributed by atoms with E-state index in [-0.39, 0.29) is 10.8 Å². The molecule has 0 aliphatic rings. The molecule has 0 atom stereocenters. The van der Waals surface area contributed by atoms with Crippen LogP contribution in [0.5, 0.6) is 0 Å². The van der Waals surface area contributed by atoms with E-state index in [1.165, 1.54) is 17.7 Å². The Hall–Kier alpha value is -1.54. The molecule has 88 valence electrons. The highest BCUT2D eigenvalue weighted by molar-refractivity contribution is 6.33. The standard InChI is InChI=1S/C14H13ClFN/c1-8-3-4-10(5-9(8)2)12-6-11(16)7-13(15)14(12)17/h3-7H,17H2,1-2H3. The van der Waals surface area contributed by atoms with E-state index >= 15 is 0 Å². The molecular formula is C14H13ClFN. The largest absolute Gasteiger partial charge is 0.397 e. The first-order valence-electron chi connectivity index (χ1n) is 5.31. The molecule has 0 aliphatic heterocycles. The van der Waals surface area contributed by atoms with Gasteiger partial charge in [-0.15, -0.1) is 0 Å². The lowest BCUT2D eigenvalue weighted by molar-refractivity contribution is 0.628. The molecular weight excluding hydrogens is 237 g/mol. The molecule has 0 amide bonds. The first-order chi connectivity index (χ1) is 7.99. The van der Waals surface area contributed by atoms with Crippen molar-refractivity contribution in [2.75, 3.05) is 5.73 Å². The predicted octanol–water partition coefficient (Wildman–Crippen LogP) is 4.35. The molecule has 0 fully saturated rings. The second-order valence-electron chi connectivity index (χ2n) is 4.15. The van der Waals surface area contributed by atoms with Gasteiger partial charge in [0.1, 0.15) is 5.82 Å². The Morgan fingerprint density at radius 2 is 1.76 bits per heavy atom. The van der Waals surface area contributed by atoms with E-state index in [0.29, 0.717) is 11.3 Å². The quantitative estimate of drug-likeness (QED) is 0.748. The Morgan fingerprint density at radius 1 is 1.06 bits per heavy atom. The van der Waals surface area contributed by atoms with E-state index in [4.69, 9.17) is 17.3 Å². The first kappa shape index (κ1) is 11.9. The second kappa shape index (κ2) is 4.38. The summed E-state index contributed by atoms with van der Waals surface area (Å²) < 4.78 is 13.3. The van der Waals surface area contributed by atoms with Gasteiger partial charge in [0, 0.05) is 5.56 Å². The van der Waals surface area contributed by atoms with E-state index in [0.717, 1.165) is 11.1 Å². The number of benzene rings is 2. The minimum absolute atomic E-state index is 0.248. The smallest absolute Gasteiger partial charge is 0.125 e. The maximum Gasteiger partial charge on any atom is 0.125 e. The van der Waals surface area contributed by atoms with Crippen molar-refractivity contribution in [1.29, 1.82) is 0 Å². The SMILES string of the molecule is Cc1ccc(-c2cc(F)cc(Cl)c2N)cc1C. The normalized spacial score (nSPS) is 10.6. The number of anilines is 1. The fraction of sp³-hybridized carbons (Fsp3) is 0.143. The zero-order chi connectivity index (χ0) is 12.6. The third-order valence-electron chi connectivity index (χ3n) is 2.91. The van der Waals surface area contributed by atoms with Crippen LogP contribution in [-0.4, -0.2) is 0 Å². The van der Waals surface area contributed by atoms with Gasteiger partial charge in [0.05, 0.1) is 10.7 Å². The maximum absolute atomic E-state index is 13.3. The van der Waals surface area contributed by atoms with Gasteiger partial charge in [-0.2, -0.15) is 0 Å². The van der Waals surface area contributed by atoms with Gasteiger partial charge in [-0.05, 0) is 42.7 Å². The van der Waals surface area contributed by atoms with Gasteiger partial charge in [-0.25, -0.2) is 4.39 Å². The summed E-state index contributed by atoms with van der Waals surface area (Å²) in [7, 11) is 0. The molecule has 0 unspecified atom stereocenters. The molecule has 0 aliphatic carbocycles. The van der Waals surface area contributed by atoms with E-state index in [9.17, 15) is 4.39 Å². The number of rotatable bonds is 1. The summed E-state index contributed by atoms with van der Waals surface area (Å²) in [6.07, 6.45) is 0. The lowest BCUT2D eigenvalue weighted by Gasteiger charge is -2.10. The van der Waals surface area contributed by atoms with Crippen molar-refractivity contribution in [3.63, 3.8) is 0 Å². The molecule has 0 radical (unpaired) electrons. The van der Waals surface area contributed by atoms with Crippen LogP contribution >= 0.6 is 11.6 Å².